The number of carbonyl (C=O) groups is 1. The van der Waals surface area contributed by atoms with Gasteiger partial charge in [0.2, 0.25) is 0 Å². The summed E-state index contributed by atoms with van der Waals surface area (Å²) in [6.45, 7) is -1.72. The topological polar surface area (TPSA) is 44.8 Å². The minimum absolute atomic E-state index is 0.180. The van der Waals surface area contributed by atoms with E-state index in [9.17, 15) is 4.79 Å². The highest BCUT2D eigenvalue weighted by molar-refractivity contribution is 5.86. The fraction of sp³-hybridized carbons (Fsp3) is 0.421. The Kier molecular flexibility index (Phi) is 4.96. The molecule has 0 spiro atoms. The molecule has 4 nitrogen and oxygen atoms in total. The number of rotatable bonds is 8. The van der Waals surface area contributed by atoms with Crippen LogP contribution in [-0.2, 0) is 14.3 Å². The maximum atomic E-state index is 12.4. The summed E-state index contributed by atoms with van der Waals surface area (Å²) < 4.78 is 38.6. The van der Waals surface area contributed by atoms with Gasteiger partial charge in [-0.25, -0.2) is 0 Å². The molecule has 0 N–H and O–H groups in total. The summed E-state index contributed by atoms with van der Waals surface area (Å²) in [5.74, 6) is -1.32. The van der Waals surface area contributed by atoms with Crippen molar-refractivity contribution in [3.05, 3.63) is 42.0 Å². The van der Waals surface area contributed by atoms with Gasteiger partial charge in [-0.2, -0.15) is 0 Å². The fourth-order valence-electron chi connectivity index (χ4n) is 2.29. The van der Waals surface area contributed by atoms with Crippen LogP contribution in [0.3, 0.4) is 0 Å². The highest BCUT2D eigenvalue weighted by Gasteiger charge is 2.17. The van der Waals surface area contributed by atoms with Gasteiger partial charge in [0, 0.05) is 17.8 Å². The largest absolute Gasteiger partial charge is 0.497 e. The van der Waals surface area contributed by atoms with Gasteiger partial charge >= 0.3 is 5.97 Å². The monoisotopic (exact) mass is 319 g/mol. The van der Waals surface area contributed by atoms with E-state index in [1.54, 1.807) is 38.5 Å². The van der Waals surface area contributed by atoms with Crippen LogP contribution in [-0.4, -0.2) is 33.4 Å². The van der Waals surface area contributed by atoms with Gasteiger partial charge in [0.1, 0.15) is 5.75 Å². The average molecular weight is 319 g/mol. The third-order valence-electron chi connectivity index (χ3n) is 3.63. The number of ether oxygens (including phenoxy) is 3. The zero-order valence-electron chi connectivity index (χ0n) is 16.5. The van der Waals surface area contributed by atoms with Gasteiger partial charge in [0.05, 0.1) is 19.6 Å². The average Bonchev–Trinajstić information content (AvgIpc) is 2.60. The molecule has 0 aliphatic heterocycles. The lowest BCUT2D eigenvalue weighted by molar-refractivity contribution is -0.145. The smallest absolute Gasteiger partial charge is 0.313 e. The van der Waals surface area contributed by atoms with Crippen molar-refractivity contribution in [3.8, 4) is 5.75 Å². The molecule has 1 atom stereocenters. The third kappa shape index (κ3) is 4.70. The van der Waals surface area contributed by atoms with Crippen molar-refractivity contribution < 1.29 is 23.1 Å². The molecule has 0 saturated carbocycles. The molecule has 0 bridgehead atoms. The van der Waals surface area contributed by atoms with Gasteiger partial charge in [0.15, 0.2) is 0 Å². The molecule has 0 unspecified atom stereocenters. The molecule has 0 aliphatic carbocycles. The second kappa shape index (κ2) is 8.53. The van der Waals surface area contributed by atoms with Crippen LogP contribution in [0.15, 0.2) is 36.4 Å². The van der Waals surface area contributed by atoms with Crippen molar-refractivity contribution in [1.29, 1.82) is 0 Å². The minimum Gasteiger partial charge on any atom is -0.497 e. The van der Waals surface area contributed by atoms with Gasteiger partial charge < -0.3 is 14.2 Å². The lowest BCUT2D eigenvalue weighted by atomic mass is 9.98. The highest BCUT2D eigenvalue weighted by Crippen LogP contribution is 2.25. The maximum Gasteiger partial charge on any atom is 0.313 e. The lowest BCUT2D eigenvalue weighted by Crippen LogP contribution is -2.14. The molecular weight excluding hydrogens is 292 g/mol. The van der Waals surface area contributed by atoms with Crippen molar-refractivity contribution >= 4 is 16.7 Å². The van der Waals surface area contributed by atoms with Crippen LogP contribution in [0.1, 0.15) is 35.3 Å². The maximum absolute atomic E-state index is 12.4. The number of unbranched alkanes of at least 4 members (excludes halogenated alkanes) is 1. The summed E-state index contributed by atoms with van der Waals surface area (Å²) in [5.41, 5.74) is 0.421. The van der Waals surface area contributed by atoms with Crippen LogP contribution in [0, 0.1) is 0 Å². The van der Waals surface area contributed by atoms with Crippen molar-refractivity contribution in [1.82, 2.24) is 0 Å². The number of fused-ring (bicyclic) bond motifs is 1. The first kappa shape index (κ1) is 13.4. The van der Waals surface area contributed by atoms with Crippen molar-refractivity contribution in [2.24, 2.45) is 0 Å². The van der Waals surface area contributed by atoms with E-state index in [-0.39, 0.29) is 6.61 Å². The molecule has 0 aliphatic rings. The summed E-state index contributed by atoms with van der Waals surface area (Å²) in [6, 6.07) is 10.7. The molecule has 0 saturated heterocycles. The van der Waals surface area contributed by atoms with E-state index < -0.39 is 18.7 Å². The predicted octanol–water partition coefficient (Wildman–Crippen LogP) is 3.92. The van der Waals surface area contributed by atoms with Gasteiger partial charge in [0.25, 0.3) is 0 Å². The van der Waals surface area contributed by atoms with Gasteiger partial charge in [-0.15, -0.1) is 0 Å². The van der Waals surface area contributed by atoms with E-state index in [2.05, 4.69) is 0 Å². The fourth-order valence-corrected chi connectivity index (χ4v) is 2.29. The first-order chi connectivity index (χ1) is 12.4. The second-order valence-electron chi connectivity index (χ2n) is 5.27. The van der Waals surface area contributed by atoms with E-state index in [0.29, 0.717) is 24.3 Å². The molecular formula is C19H24O4. The Labute approximate surface area is 141 Å². The number of esters is 1. The van der Waals surface area contributed by atoms with Crippen LogP contribution in [0.2, 0.25) is 0 Å². The molecule has 0 amide bonds. The summed E-state index contributed by atoms with van der Waals surface area (Å²) in [5, 5.41) is 1.75. The first-order valence-electron chi connectivity index (χ1n) is 9.10. The zero-order chi connectivity index (χ0) is 19.2. The normalized spacial score (nSPS) is 14.6. The highest BCUT2D eigenvalue weighted by atomic mass is 16.5. The van der Waals surface area contributed by atoms with Crippen molar-refractivity contribution in [2.45, 2.75) is 25.6 Å². The van der Waals surface area contributed by atoms with Gasteiger partial charge in [-0.1, -0.05) is 24.3 Å². The molecule has 0 heterocycles. The number of hydrogen-bond acceptors (Lipinski definition) is 4. The molecule has 23 heavy (non-hydrogen) atoms. The predicted molar refractivity (Wildman–Crippen MR) is 91.0 cm³/mol. The Bertz CT molecular complexity index is 743. The Hall–Kier alpha value is -2.07. The van der Waals surface area contributed by atoms with Crippen molar-refractivity contribution in [2.75, 3.05) is 27.4 Å². The second-order valence-corrected chi connectivity index (χ2v) is 5.27. The molecule has 0 fully saturated rings. The molecule has 2 aromatic rings. The molecule has 0 radical (unpaired) electrons. The Morgan fingerprint density at radius 2 is 1.83 bits per heavy atom. The van der Waals surface area contributed by atoms with Crippen LogP contribution < -0.4 is 4.74 Å². The molecule has 2 rings (SSSR count). The van der Waals surface area contributed by atoms with Gasteiger partial charge in [-0.05, 0) is 48.2 Å². The Balaban J connectivity index is 2.21. The first-order valence-corrected chi connectivity index (χ1v) is 7.60. The lowest BCUT2D eigenvalue weighted by Gasteiger charge is -2.13. The molecule has 0 aromatic heterocycles. The van der Waals surface area contributed by atoms with E-state index >= 15 is 0 Å². The number of hydrogen-bond donors (Lipinski definition) is 0. The summed E-state index contributed by atoms with van der Waals surface area (Å²) >= 11 is 0. The van der Waals surface area contributed by atoms with Crippen LogP contribution in [0.25, 0.3) is 10.8 Å². The van der Waals surface area contributed by atoms with Crippen LogP contribution in [0.4, 0.5) is 0 Å². The Morgan fingerprint density at radius 3 is 2.57 bits per heavy atom. The molecule has 124 valence electrons. The number of benzene rings is 2. The number of methoxy groups -OCH3 is 2. The third-order valence-corrected chi connectivity index (χ3v) is 3.63. The quantitative estimate of drug-likeness (QED) is 0.546. The van der Waals surface area contributed by atoms with Gasteiger partial charge in [-0.3, -0.25) is 4.79 Å². The molecule has 2 aromatic carbocycles. The Morgan fingerprint density at radius 1 is 1.09 bits per heavy atom. The molecule has 4 heteroatoms. The van der Waals surface area contributed by atoms with Crippen LogP contribution >= 0.6 is 0 Å². The summed E-state index contributed by atoms with van der Waals surface area (Å²) in [4.78, 5) is 12.4. The minimum atomic E-state index is -2.48. The SMILES string of the molecule is [2H]C([2H])([2H])[C@H](C(=O)OCCCCOC)c1ccc2cc(OC)ccc2c1. The summed E-state index contributed by atoms with van der Waals surface area (Å²) in [7, 11) is 3.19. The van der Waals surface area contributed by atoms with E-state index in [0.717, 1.165) is 17.2 Å². The zero-order valence-corrected chi connectivity index (χ0v) is 13.5. The van der Waals surface area contributed by atoms with Crippen LogP contribution in [0.5, 0.6) is 5.75 Å². The summed E-state index contributed by atoms with van der Waals surface area (Å²) in [6.07, 6.45) is 1.38. The number of carbonyl (C=O) groups excluding carboxylic acids is 1. The standard InChI is InChI=1S/C19H24O4/c1-14(19(20)23-11-5-4-10-21-2)15-6-7-17-13-18(22-3)9-8-16(17)12-15/h6-9,12-14H,4-5,10-11H2,1-3H3/t14-/m0/s1/i1D3. The van der Waals surface area contributed by atoms with Crippen molar-refractivity contribution in [3.63, 3.8) is 0 Å². The van der Waals surface area contributed by atoms with E-state index in [4.69, 9.17) is 18.3 Å². The van der Waals surface area contributed by atoms with E-state index in [1.165, 1.54) is 0 Å². The van der Waals surface area contributed by atoms with E-state index in [1.807, 2.05) is 12.1 Å².